The second-order valence-corrected chi connectivity index (χ2v) is 7.98. The Morgan fingerprint density at radius 2 is 2.00 bits per heavy atom. The van der Waals surface area contributed by atoms with Crippen LogP contribution in [-0.4, -0.2) is 55.3 Å². The summed E-state index contributed by atoms with van der Waals surface area (Å²) < 4.78 is 26.7. The SMILES string of the molecule is O=S(=O)(c1cccnc1)N1CCN(C[C@H]2CC=CCC2)CC1. The third-order valence-electron chi connectivity index (χ3n) is 4.50. The predicted molar refractivity (Wildman–Crippen MR) is 85.9 cm³/mol. The van der Waals surface area contributed by atoms with Crippen molar-refractivity contribution in [2.24, 2.45) is 5.92 Å². The van der Waals surface area contributed by atoms with Crippen LogP contribution in [0, 0.1) is 5.92 Å². The molecule has 1 atom stereocenters. The lowest BCUT2D eigenvalue weighted by Gasteiger charge is -2.36. The first-order valence-electron chi connectivity index (χ1n) is 7.94. The summed E-state index contributed by atoms with van der Waals surface area (Å²) in [6.07, 6.45) is 11.1. The number of piperazine rings is 1. The Morgan fingerprint density at radius 1 is 1.18 bits per heavy atom. The molecule has 0 amide bonds. The van der Waals surface area contributed by atoms with Crippen molar-refractivity contribution in [1.29, 1.82) is 0 Å². The van der Waals surface area contributed by atoms with Gasteiger partial charge in [-0.25, -0.2) is 8.42 Å². The summed E-state index contributed by atoms with van der Waals surface area (Å²) in [5.74, 6) is 0.728. The van der Waals surface area contributed by atoms with E-state index in [0.717, 1.165) is 32.0 Å². The van der Waals surface area contributed by atoms with Gasteiger partial charge in [0.1, 0.15) is 4.90 Å². The number of rotatable bonds is 4. The van der Waals surface area contributed by atoms with Crippen molar-refractivity contribution in [3.05, 3.63) is 36.7 Å². The summed E-state index contributed by atoms with van der Waals surface area (Å²) in [6, 6.07) is 3.28. The van der Waals surface area contributed by atoms with Crippen LogP contribution in [0.1, 0.15) is 19.3 Å². The minimum atomic E-state index is -3.39. The molecular formula is C16H23N3O2S. The maximum atomic E-state index is 12.5. The van der Waals surface area contributed by atoms with Crippen LogP contribution < -0.4 is 0 Å². The van der Waals surface area contributed by atoms with E-state index in [1.165, 1.54) is 19.0 Å². The molecule has 1 saturated heterocycles. The van der Waals surface area contributed by atoms with Gasteiger partial charge in [0.2, 0.25) is 10.0 Å². The molecule has 6 heteroatoms. The lowest BCUT2D eigenvalue weighted by atomic mass is 9.94. The summed E-state index contributed by atoms with van der Waals surface area (Å²) in [5, 5.41) is 0. The zero-order valence-electron chi connectivity index (χ0n) is 12.8. The molecule has 0 spiro atoms. The Morgan fingerprint density at radius 3 is 2.64 bits per heavy atom. The smallest absolute Gasteiger partial charge is 0.244 e. The second kappa shape index (κ2) is 6.89. The van der Waals surface area contributed by atoms with Crippen LogP contribution in [0.5, 0.6) is 0 Å². The molecule has 120 valence electrons. The summed E-state index contributed by atoms with van der Waals surface area (Å²) in [7, 11) is -3.39. The minimum absolute atomic E-state index is 0.292. The van der Waals surface area contributed by atoms with Crippen LogP contribution in [0.3, 0.4) is 0 Å². The normalized spacial score (nSPS) is 24.5. The molecule has 1 aromatic rings. The third-order valence-corrected chi connectivity index (χ3v) is 6.38. The van der Waals surface area contributed by atoms with Crippen LogP contribution in [0.2, 0.25) is 0 Å². The van der Waals surface area contributed by atoms with Gasteiger partial charge in [-0.05, 0) is 37.3 Å². The van der Waals surface area contributed by atoms with Gasteiger partial charge in [-0.1, -0.05) is 12.2 Å². The van der Waals surface area contributed by atoms with Gasteiger partial charge in [-0.2, -0.15) is 4.31 Å². The molecule has 2 aliphatic rings. The average Bonchev–Trinajstić information content (AvgIpc) is 2.57. The largest absolute Gasteiger partial charge is 0.300 e. The van der Waals surface area contributed by atoms with Gasteiger partial charge in [0.25, 0.3) is 0 Å². The molecule has 0 bridgehead atoms. The monoisotopic (exact) mass is 321 g/mol. The first-order chi connectivity index (χ1) is 10.7. The van der Waals surface area contributed by atoms with Gasteiger partial charge in [0, 0.05) is 45.1 Å². The van der Waals surface area contributed by atoms with Crippen LogP contribution >= 0.6 is 0 Å². The quantitative estimate of drug-likeness (QED) is 0.793. The van der Waals surface area contributed by atoms with E-state index in [1.807, 2.05) is 0 Å². The molecule has 0 N–H and O–H groups in total. The van der Waals surface area contributed by atoms with Gasteiger partial charge < -0.3 is 4.90 Å². The third kappa shape index (κ3) is 3.56. The molecular weight excluding hydrogens is 298 g/mol. The second-order valence-electron chi connectivity index (χ2n) is 6.04. The van der Waals surface area contributed by atoms with Crippen molar-refractivity contribution < 1.29 is 8.42 Å². The number of allylic oxidation sites excluding steroid dienone is 2. The molecule has 0 saturated carbocycles. The molecule has 1 fully saturated rings. The number of pyridine rings is 1. The molecule has 1 aromatic heterocycles. The molecule has 0 radical (unpaired) electrons. The highest BCUT2D eigenvalue weighted by molar-refractivity contribution is 7.89. The van der Waals surface area contributed by atoms with E-state index in [0.29, 0.717) is 18.0 Å². The molecule has 2 heterocycles. The maximum Gasteiger partial charge on any atom is 0.244 e. The van der Waals surface area contributed by atoms with Crippen molar-refractivity contribution in [2.45, 2.75) is 24.2 Å². The van der Waals surface area contributed by atoms with Crippen molar-refractivity contribution in [3.8, 4) is 0 Å². The Hall–Kier alpha value is -1.24. The zero-order chi connectivity index (χ0) is 15.4. The van der Waals surface area contributed by atoms with Gasteiger partial charge in [0.05, 0.1) is 0 Å². The number of nitrogens with zero attached hydrogens (tertiary/aromatic N) is 3. The Bertz CT molecular complexity index is 608. The topological polar surface area (TPSA) is 53.5 Å². The molecule has 1 aliphatic carbocycles. The van der Waals surface area contributed by atoms with E-state index < -0.39 is 10.0 Å². The number of sulfonamides is 1. The highest BCUT2D eigenvalue weighted by atomic mass is 32.2. The summed E-state index contributed by atoms with van der Waals surface area (Å²) in [4.78, 5) is 6.61. The number of hydrogen-bond acceptors (Lipinski definition) is 4. The predicted octanol–water partition coefficient (Wildman–Crippen LogP) is 1.74. The number of hydrogen-bond donors (Lipinski definition) is 0. The summed E-state index contributed by atoms with van der Waals surface area (Å²) in [5.41, 5.74) is 0. The summed E-state index contributed by atoms with van der Waals surface area (Å²) >= 11 is 0. The molecule has 0 aromatic carbocycles. The van der Waals surface area contributed by atoms with Crippen LogP contribution in [0.25, 0.3) is 0 Å². The number of aromatic nitrogens is 1. The first kappa shape index (κ1) is 15.6. The summed E-state index contributed by atoms with van der Waals surface area (Å²) in [6.45, 7) is 3.87. The standard InChI is InChI=1S/C16H23N3O2S/c20-22(21,16-7-4-8-17-13-16)19-11-9-18(10-12-19)14-15-5-2-1-3-6-15/h1-2,4,7-8,13,15H,3,5-6,9-12,14H2/t15-/m0/s1. The lowest BCUT2D eigenvalue weighted by Crippen LogP contribution is -2.49. The highest BCUT2D eigenvalue weighted by Crippen LogP contribution is 2.21. The van der Waals surface area contributed by atoms with E-state index in [4.69, 9.17) is 0 Å². The van der Waals surface area contributed by atoms with Crippen LogP contribution in [0.4, 0.5) is 0 Å². The molecule has 1 aliphatic heterocycles. The Kier molecular flexibility index (Phi) is 4.90. The van der Waals surface area contributed by atoms with Gasteiger partial charge in [-0.3, -0.25) is 4.98 Å². The van der Waals surface area contributed by atoms with E-state index in [-0.39, 0.29) is 0 Å². The van der Waals surface area contributed by atoms with Gasteiger partial charge >= 0.3 is 0 Å². The van der Waals surface area contributed by atoms with Crippen molar-refractivity contribution >= 4 is 10.0 Å². The Labute approximate surface area is 132 Å². The Balaban J connectivity index is 1.56. The molecule has 22 heavy (non-hydrogen) atoms. The fourth-order valence-electron chi connectivity index (χ4n) is 3.19. The first-order valence-corrected chi connectivity index (χ1v) is 9.38. The van der Waals surface area contributed by atoms with E-state index in [1.54, 1.807) is 22.6 Å². The van der Waals surface area contributed by atoms with Crippen LogP contribution in [-0.2, 0) is 10.0 Å². The lowest BCUT2D eigenvalue weighted by molar-refractivity contribution is 0.161. The molecule has 5 nitrogen and oxygen atoms in total. The van der Waals surface area contributed by atoms with Gasteiger partial charge in [0.15, 0.2) is 0 Å². The molecule has 0 unspecified atom stereocenters. The van der Waals surface area contributed by atoms with Gasteiger partial charge in [-0.15, -0.1) is 0 Å². The maximum absolute atomic E-state index is 12.5. The fourth-order valence-corrected chi connectivity index (χ4v) is 4.58. The minimum Gasteiger partial charge on any atom is -0.300 e. The van der Waals surface area contributed by atoms with E-state index >= 15 is 0 Å². The highest BCUT2D eigenvalue weighted by Gasteiger charge is 2.29. The van der Waals surface area contributed by atoms with Crippen molar-refractivity contribution in [1.82, 2.24) is 14.2 Å². The van der Waals surface area contributed by atoms with Crippen molar-refractivity contribution in [2.75, 3.05) is 32.7 Å². The van der Waals surface area contributed by atoms with E-state index in [2.05, 4.69) is 22.0 Å². The fraction of sp³-hybridized carbons (Fsp3) is 0.562. The average molecular weight is 321 g/mol. The van der Waals surface area contributed by atoms with E-state index in [9.17, 15) is 8.42 Å². The molecule has 3 rings (SSSR count). The van der Waals surface area contributed by atoms with Crippen LogP contribution in [0.15, 0.2) is 41.6 Å². The zero-order valence-corrected chi connectivity index (χ0v) is 13.6. The van der Waals surface area contributed by atoms with Crippen molar-refractivity contribution in [3.63, 3.8) is 0 Å².